The standard InChI is InChI=1S/C13H22O2/c1-5-9(2)12-7-6-10(3)13(8-12)15-11(4)14/h6,9,12-13H,5,7-8H2,1-4H3/t9-,12-,13-/m0/s1. The highest BCUT2D eigenvalue weighted by atomic mass is 16.5. The third-order valence-electron chi connectivity index (χ3n) is 3.52. The Balaban J connectivity index is 2.61. The van der Waals surface area contributed by atoms with Gasteiger partial charge in [-0.25, -0.2) is 0 Å². The van der Waals surface area contributed by atoms with Gasteiger partial charge in [-0.05, 0) is 37.2 Å². The first-order valence-corrected chi connectivity index (χ1v) is 5.88. The second-order valence-electron chi connectivity index (χ2n) is 4.66. The van der Waals surface area contributed by atoms with Crippen LogP contribution in [0, 0.1) is 11.8 Å². The number of esters is 1. The molecule has 0 amide bonds. The van der Waals surface area contributed by atoms with Gasteiger partial charge in [-0.3, -0.25) is 4.79 Å². The van der Waals surface area contributed by atoms with Crippen molar-refractivity contribution in [3.8, 4) is 0 Å². The van der Waals surface area contributed by atoms with Crippen LogP contribution in [0.1, 0.15) is 47.0 Å². The van der Waals surface area contributed by atoms with E-state index in [1.165, 1.54) is 18.9 Å². The molecule has 1 aliphatic rings. The van der Waals surface area contributed by atoms with E-state index in [4.69, 9.17) is 4.74 Å². The maximum absolute atomic E-state index is 11.0. The van der Waals surface area contributed by atoms with Gasteiger partial charge in [-0.2, -0.15) is 0 Å². The number of carbonyl (C=O) groups excluding carboxylic acids is 1. The van der Waals surface area contributed by atoms with Crippen LogP contribution in [0.3, 0.4) is 0 Å². The molecule has 2 heteroatoms. The summed E-state index contributed by atoms with van der Waals surface area (Å²) in [4.78, 5) is 11.0. The Labute approximate surface area is 92.7 Å². The van der Waals surface area contributed by atoms with Gasteiger partial charge in [0.2, 0.25) is 0 Å². The Morgan fingerprint density at radius 1 is 1.67 bits per heavy atom. The van der Waals surface area contributed by atoms with E-state index >= 15 is 0 Å². The largest absolute Gasteiger partial charge is 0.458 e. The van der Waals surface area contributed by atoms with Crippen LogP contribution in [-0.2, 0) is 9.53 Å². The molecule has 0 bridgehead atoms. The first kappa shape index (κ1) is 12.3. The summed E-state index contributed by atoms with van der Waals surface area (Å²) in [5.41, 5.74) is 1.21. The Morgan fingerprint density at radius 3 is 2.87 bits per heavy atom. The average molecular weight is 210 g/mol. The zero-order chi connectivity index (χ0) is 11.4. The number of allylic oxidation sites excluding steroid dienone is 1. The molecular formula is C13H22O2. The summed E-state index contributed by atoms with van der Waals surface area (Å²) in [5.74, 6) is 1.22. The fraction of sp³-hybridized carbons (Fsp3) is 0.769. The van der Waals surface area contributed by atoms with E-state index < -0.39 is 0 Å². The summed E-state index contributed by atoms with van der Waals surface area (Å²) in [6, 6.07) is 0. The van der Waals surface area contributed by atoms with Gasteiger partial charge in [0.1, 0.15) is 6.10 Å². The molecule has 86 valence electrons. The van der Waals surface area contributed by atoms with Crippen molar-refractivity contribution in [1.82, 2.24) is 0 Å². The minimum atomic E-state index is -0.169. The third-order valence-corrected chi connectivity index (χ3v) is 3.52. The predicted molar refractivity (Wildman–Crippen MR) is 61.5 cm³/mol. The molecule has 0 N–H and O–H groups in total. The van der Waals surface area contributed by atoms with Gasteiger partial charge in [0.05, 0.1) is 0 Å². The summed E-state index contributed by atoms with van der Waals surface area (Å²) < 4.78 is 5.32. The lowest BCUT2D eigenvalue weighted by Gasteiger charge is -2.31. The van der Waals surface area contributed by atoms with Crippen LogP contribution in [0.4, 0.5) is 0 Å². The number of carbonyl (C=O) groups is 1. The molecule has 15 heavy (non-hydrogen) atoms. The Kier molecular flexibility index (Phi) is 4.37. The summed E-state index contributed by atoms with van der Waals surface area (Å²) >= 11 is 0. The van der Waals surface area contributed by atoms with Crippen molar-refractivity contribution in [3.63, 3.8) is 0 Å². The molecule has 0 spiro atoms. The van der Waals surface area contributed by atoms with Crippen molar-refractivity contribution in [1.29, 1.82) is 0 Å². The van der Waals surface area contributed by atoms with Gasteiger partial charge >= 0.3 is 5.97 Å². The van der Waals surface area contributed by atoms with E-state index in [0.717, 1.165) is 12.8 Å². The van der Waals surface area contributed by atoms with Gasteiger partial charge in [0.25, 0.3) is 0 Å². The predicted octanol–water partition coefficient (Wildman–Crippen LogP) is 3.32. The number of ether oxygens (including phenoxy) is 1. The maximum Gasteiger partial charge on any atom is 0.303 e. The van der Waals surface area contributed by atoms with Crippen LogP contribution in [0.2, 0.25) is 0 Å². The minimum Gasteiger partial charge on any atom is -0.458 e. The molecule has 0 aromatic rings. The summed E-state index contributed by atoms with van der Waals surface area (Å²) in [5, 5.41) is 0. The highest BCUT2D eigenvalue weighted by Gasteiger charge is 2.26. The highest BCUT2D eigenvalue weighted by Crippen LogP contribution is 2.32. The lowest BCUT2D eigenvalue weighted by molar-refractivity contribution is -0.145. The van der Waals surface area contributed by atoms with Crippen molar-refractivity contribution < 1.29 is 9.53 Å². The van der Waals surface area contributed by atoms with Crippen LogP contribution in [0.25, 0.3) is 0 Å². The van der Waals surface area contributed by atoms with E-state index in [2.05, 4.69) is 26.8 Å². The fourth-order valence-corrected chi connectivity index (χ4v) is 2.17. The van der Waals surface area contributed by atoms with Gasteiger partial charge in [-0.15, -0.1) is 0 Å². The molecule has 0 unspecified atom stereocenters. The molecule has 0 radical (unpaired) electrons. The Bertz CT molecular complexity index is 255. The summed E-state index contributed by atoms with van der Waals surface area (Å²) in [6.07, 6.45) is 5.59. The van der Waals surface area contributed by atoms with Crippen molar-refractivity contribution in [3.05, 3.63) is 11.6 Å². The zero-order valence-electron chi connectivity index (χ0n) is 10.2. The number of rotatable bonds is 3. The van der Waals surface area contributed by atoms with Crippen molar-refractivity contribution in [2.75, 3.05) is 0 Å². The number of hydrogen-bond acceptors (Lipinski definition) is 2. The van der Waals surface area contributed by atoms with E-state index in [9.17, 15) is 4.79 Å². The second-order valence-corrected chi connectivity index (χ2v) is 4.66. The maximum atomic E-state index is 11.0. The van der Waals surface area contributed by atoms with Crippen LogP contribution in [0.5, 0.6) is 0 Å². The SMILES string of the molecule is CC[C@H](C)[C@H]1CC=C(C)[C@@H](OC(C)=O)C1. The normalized spacial score (nSPS) is 28.1. The summed E-state index contributed by atoms with van der Waals surface area (Å²) in [6.45, 7) is 8.04. The zero-order valence-corrected chi connectivity index (χ0v) is 10.2. The quantitative estimate of drug-likeness (QED) is 0.527. The molecule has 0 aromatic heterocycles. The fourth-order valence-electron chi connectivity index (χ4n) is 2.17. The molecule has 0 saturated carbocycles. The van der Waals surface area contributed by atoms with Gasteiger partial charge < -0.3 is 4.74 Å². The van der Waals surface area contributed by atoms with Crippen LogP contribution in [-0.4, -0.2) is 12.1 Å². The molecule has 0 aliphatic heterocycles. The van der Waals surface area contributed by atoms with E-state index in [1.807, 2.05) is 0 Å². The van der Waals surface area contributed by atoms with E-state index in [0.29, 0.717) is 11.8 Å². The Morgan fingerprint density at radius 2 is 2.33 bits per heavy atom. The monoisotopic (exact) mass is 210 g/mol. The molecule has 0 aromatic carbocycles. The molecule has 0 saturated heterocycles. The lowest BCUT2D eigenvalue weighted by Crippen LogP contribution is -2.27. The minimum absolute atomic E-state index is 0.0234. The van der Waals surface area contributed by atoms with E-state index in [-0.39, 0.29) is 12.1 Å². The molecule has 2 nitrogen and oxygen atoms in total. The van der Waals surface area contributed by atoms with Gasteiger partial charge in [0, 0.05) is 6.92 Å². The highest BCUT2D eigenvalue weighted by molar-refractivity contribution is 5.66. The average Bonchev–Trinajstić information content (AvgIpc) is 2.19. The molecule has 0 fully saturated rings. The lowest BCUT2D eigenvalue weighted by atomic mass is 9.79. The smallest absolute Gasteiger partial charge is 0.303 e. The van der Waals surface area contributed by atoms with Crippen LogP contribution in [0.15, 0.2) is 11.6 Å². The first-order chi connectivity index (χ1) is 7.04. The first-order valence-electron chi connectivity index (χ1n) is 5.88. The summed E-state index contributed by atoms with van der Waals surface area (Å²) in [7, 11) is 0. The number of hydrogen-bond donors (Lipinski definition) is 0. The Hall–Kier alpha value is -0.790. The van der Waals surface area contributed by atoms with Crippen LogP contribution >= 0.6 is 0 Å². The molecular weight excluding hydrogens is 188 g/mol. The van der Waals surface area contributed by atoms with E-state index in [1.54, 1.807) is 0 Å². The molecule has 1 rings (SSSR count). The topological polar surface area (TPSA) is 26.3 Å². The van der Waals surface area contributed by atoms with Crippen molar-refractivity contribution in [2.24, 2.45) is 11.8 Å². The third kappa shape index (κ3) is 3.37. The van der Waals surface area contributed by atoms with Gasteiger partial charge in [-0.1, -0.05) is 26.3 Å². The molecule has 3 atom stereocenters. The molecule has 0 heterocycles. The van der Waals surface area contributed by atoms with Gasteiger partial charge in [0.15, 0.2) is 0 Å². The van der Waals surface area contributed by atoms with Crippen LogP contribution < -0.4 is 0 Å². The second kappa shape index (κ2) is 5.34. The van der Waals surface area contributed by atoms with Crippen molar-refractivity contribution >= 4 is 5.97 Å². The van der Waals surface area contributed by atoms with Crippen molar-refractivity contribution in [2.45, 2.75) is 53.1 Å². The molecule has 1 aliphatic carbocycles.